The topological polar surface area (TPSA) is 88.4 Å². The van der Waals surface area contributed by atoms with Crippen LogP contribution in [0.25, 0.3) is 0 Å². The summed E-state index contributed by atoms with van der Waals surface area (Å²) in [6.07, 6.45) is -0.971. The Morgan fingerprint density at radius 2 is 1.93 bits per heavy atom. The van der Waals surface area contributed by atoms with Gasteiger partial charge < -0.3 is 14.8 Å². The van der Waals surface area contributed by atoms with Crippen LogP contribution in [0.2, 0.25) is 0 Å². The summed E-state index contributed by atoms with van der Waals surface area (Å²) in [5, 5.41) is 11.7. The van der Waals surface area contributed by atoms with E-state index in [0.29, 0.717) is 16.9 Å². The molecule has 0 radical (unpaired) electrons. The highest BCUT2D eigenvalue weighted by Gasteiger charge is 2.23. The maximum atomic E-state index is 13.2. The first-order valence-electron chi connectivity index (χ1n) is 8.81. The zero-order valence-electron chi connectivity index (χ0n) is 15.6. The first-order chi connectivity index (χ1) is 13.4. The molecule has 0 saturated carbocycles. The lowest BCUT2D eigenvalue weighted by molar-refractivity contribution is -0.144. The molecule has 1 N–H and O–H groups in total. The number of carbonyl (C=O) groups is 2. The van der Waals surface area contributed by atoms with Crippen molar-refractivity contribution in [2.75, 3.05) is 6.61 Å². The van der Waals surface area contributed by atoms with Crippen LogP contribution in [0.15, 0.2) is 48.5 Å². The first-order valence-corrected chi connectivity index (χ1v) is 8.81. The number of carbonyl (C=O) groups excluding carboxylic acids is 2. The van der Waals surface area contributed by atoms with Crippen molar-refractivity contribution in [2.45, 2.75) is 32.4 Å². The molecular formula is C21H21FN2O4. The number of esters is 1. The summed E-state index contributed by atoms with van der Waals surface area (Å²) in [5.74, 6) is -0.974. The van der Waals surface area contributed by atoms with Crippen LogP contribution in [0, 0.1) is 17.1 Å². The Hall–Kier alpha value is -3.40. The Labute approximate surface area is 162 Å². The van der Waals surface area contributed by atoms with Gasteiger partial charge in [0.1, 0.15) is 11.6 Å². The van der Waals surface area contributed by atoms with E-state index in [4.69, 9.17) is 14.7 Å². The standard InChI is InChI=1S/C21H21FN2O4/c1-3-27-20(25)12-19(16-7-9-17(22)10-8-16)24-21(26)14(2)28-18-6-4-5-15(11-18)13-23/h4-11,14,19H,3,12H2,1-2H3,(H,24,26). The number of hydrogen-bond acceptors (Lipinski definition) is 5. The van der Waals surface area contributed by atoms with Crippen LogP contribution >= 0.6 is 0 Å². The van der Waals surface area contributed by atoms with Gasteiger partial charge in [-0.2, -0.15) is 5.26 Å². The molecule has 0 aliphatic rings. The van der Waals surface area contributed by atoms with E-state index in [2.05, 4.69) is 5.32 Å². The van der Waals surface area contributed by atoms with Crippen LogP contribution in [-0.4, -0.2) is 24.6 Å². The average molecular weight is 384 g/mol. The van der Waals surface area contributed by atoms with Crippen molar-refractivity contribution in [3.05, 3.63) is 65.5 Å². The van der Waals surface area contributed by atoms with Crippen molar-refractivity contribution in [1.29, 1.82) is 5.26 Å². The van der Waals surface area contributed by atoms with Crippen LogP contribution in [0.3, 0.4) is 0 Å². The second kappa shape index (κ2) is 10.1. The molecule has 0 aromatic heterocycles. The maximum absolute atomic E-state index is 13.2. The second-order valence-corrected chi connectivity index (χ2v) is 6.02. The van der Waals surface area contributed by atoms with Gasteiger partial charge in [-0.1, -0.05) is 18.2 Å². The van der Waals surface area contributed by atoms with Gasteiger partial charge in [-0.25, -0.2) is 4.39 Å². The summed E-state index contributed by atoms with van der Waals surface area (Å²) < 4.78 is 23.7. The predicted molar refractivity (Wildman–Crippen MR) is 99.8 cm³/mol. The lowest BCUT2D eigenvalue weighted by Gasteiger charge is -2.21. The van der Waals surface area contributed by atoms with Gasteiger partial charge in [-0.15, -0.1) is 0 Å². The summed E-state index contributed by atoms with van der Waals surface area (Å²) >= 11 is 0. The summed E-state index contributed by atoms with van der Waals surface area (Å²) in [4.78, 5) is 24.5. The largest absolute Gasteiger partial charge is 0.481 e. The van der Waals surface area contributed by atoms with Crippen LogP contribution in [0.4, 0.5) is 4.39 Å². The number of rotatable bonds is 8. The number of nitrogens with zero attached hydrogens (tertiary/aromatic N) is 1. The Morgan fingerprint density at radius 3 is 2.57 bits per heavy atom. The molecule has 0 heterocycles. The molecule has 0 fully saturated rings. The lowest BCUT2D eigenvalue weighted by Crippen LogP contribution is -2.39. The van der Waals surface area contributed by atoms with Crippen molar-refractivity contribution in [1.82, 2.24) is 5.32 Å². The fraction of sp³-hybridized carbons (Fsp3) is 0.286. The third kappa shape index (κ3) is 6.09. The van der Waals surface area contributed by atoms with Gasteiger partial charge in [-0.3, -0.25) is 9.59 Å². The Balaban J connectivity index is 2.10. The number of benzene rings is 2. The van der Waals surface area contributed by atoms with Crippen molar-refractivity contribution >= 4 is 11.9 Å². The zero-order chi connectivity index (χ0) is 20.5. The van der Waals surface area contributed by atoms with E-state index >= 15 is 0 Å². The number of halogens is 1. The van der Waals surface area contributed by atoms with Gasteiger partial charge in [0.2, 0.25) is 0 Å². The van der Waals surface area contributed by atoms with E-state index in [-0.39, 0.29) is 13.0 Å². The van der Waals surface area contributed by atoms with E-state index in [9.17, 15) is 14.0 Å². The van der Waals surface area contributed by atoms with E-state index in [1.807, 2.05) is 6.07 Å². The van der Waals surface area contributed by atoms with Gasteiger partial charge in [0.25, 0.3) is 5.91 Å². The van der Waals surface area contributed by atoms with Crippen LogP contribution < -0.4 is 10.1 Å². The SMILES string of the molecule is CCOC(=O)CC(NC(=O)C(C)Oc1cccc(C#N)c1)c1ccc(F)cc1. The molecule has 0 aliphatic heterocycles. The molecule has 2 aromatic rings. The van der Waals surface area contributed by atoms with E-state index in [1.54, 1.807) is 32.0 Å². The molecule has 0 aliphatic carbocycles. The van der Waals surface area contributed by atoms with Gasteiger partial charge >= 0.3 is 5.97 Å². The van der Waals surface area contributed by atoms with Gasteiger partial charge in [0.15, 0.2) is 6.10 Å². The minimum atomic E-state index is -0.876. The first kappa shape index (κ1) is 20.9. The minimum Gasteiger partial charge on any atom is -0.481 e. The lowest BCUT2D eigenvalue weighted by atomic mass is 10.0. The summed E-state index contributed by atoms with van der Waals surface area (Å²) in [7, 11) is 0. The fourth-order valence-electron chi connectivity index (χ4n) is 2.52. The molecule has 146 valence electrons. The monoisotopic (exact) mass is 384 g/mol. The Bertz CT molecular complexity index is 861. The van der Waals surface area contributed by atoms with E-state index < -0.39 is 29.8 Å². The molecule has 1 amide bonds. The summed E-state index contributed by atoms with van der Waals surface area (Å²) in [6.45, 7) is 3.47. The number of nitrogens with one attached hydrogen (secondary N) is 1. The fourth-order valence-corrected chi connectivity index (χ4v) is 2.52. The molecule has 2 rings (SSSR count). The van der Waals surface area contributed by atoms with Crippen LogP contribution in [-0.2, 0) is 14.3 Å². The Morgan fingerprint density at radius 1 is 1.21 bits per heavy atom. The molecule has 0 bridgehead atoms. The van der Waals surface area contributed by atoms with Crippen molar-refractivity contribution in [2.24, 2.45) is 0 Å². The smallest absolute Gasteiger partial charge is 0.308 e. The molecular weight excluding hydrogens is 363 g/mol. The van der Waals surface area contributed by atoms with Gasteiger partial charge in [0, 0.05) is 0 Å². The number of amides is 1. The highest BCUT2D eigenvalue weighted by Crippen LogP contribution is 2.20. The molecule has 2 aromatic carbocycles. The number of nitriles is 1. The van der Waals surface area contributed by atoms with E-state index in [0.717, 1.165) is 0 Å². The van der Waals surface area contributed by atoms with E-state index in [1.165, 1.54) is 30.3 Å². The number of ether oxygens (including phenoxy) is 2. The average Bonchev–Trinajstić information content (AvgIpc) is 2.68. The third-order valence-electron chi connectivity index (χ3n) is 3.91. The van der Waals surface area contributed by atoms with Crippen molar-refractivity contribution in [3.63, 3.8) is 0 Å². The van der Waals surface area contributed by atoms with Crippen LogP contribution in [0.5, 0.6) is 5.75 Å². The molecule has 0 spiro atoms. The molecule has 0 saturated heterocycles. The summed E-state index contributed by atoms with van der Waals surface area (Å²) in [5.41, 5.74) is 0.984. The molecule has 6 nitrogen and oxygen atoms in total. The predicted octanol–water partition coefficient (Wildman–Crippen LogP) is 3.28. The second-order valence-electron chi connectivity index (χ2n) is 6.02. The van der Waals surface area contributed by atoms with Crippen molar-refractivity contribution in [3.8, 4) is 11.8 Å². The third-order valence-corrected chi connectivity index (χ3v) is 3.91. The highest BCUT2D eigenvalue weighted by atomic mass is 19.1. The molecule has 7 heteroatoms. The summed E-state index contributed by atoms with van der Waals surface area (Å²) in [6, 6.07) is 13.3. The highest BCUT2D eigenvalue weighted by molar-refractivity contribution is 5.82. The van der Waals surface area contributed by atoms with Crippen molar-refractivity contribution < 1.29 is 23.5 Å². The molecule has 2 atom stereocenters. The van der Waals surface area contributed by atoms with Gasteiger partial charge in [-0.05, 0) is 49.7 Å². The molecule has 2 unspecified atom stereocenters. The Kier molecular flexibility index (Phi) is 7.52. The normalized spacial score (nSPS) is 12.4. The maximum Gasteiger partial charge on any atom is 0.308 e. The molecule has 28 heavy (non-hydrogen) atoms. The van der Waals surface area contributed by atoms with Crippen LogP contribution in [0.1, 0.15) is 37.4 Å². The zero-order valence-corrected chi connectivity index (χ0v) is 15.6. The van der Waals surface area contributed by atoms with Gasteiger partial charge in [0.05, 0.1) is 30.7 Å². The minimum absolute atomic E-state index is 0.0954. The number of hydrogen-bond donors (Lipinski definition) is 1. The quantitative estimate of drug-likeness (QED) is 0.706.